The maximum Gasteiger partial charge on any atom is 0.262 e. The van der Waals surface area contributed by atoms with E-state index >= 15 is 0 Å². The van der Waals surface area contributed by atoms with Crippen LogP contribution < -0.4 is 5.32 Å². The maximum atomic E-state index is 12.2. The Hall–Kier alpha value is -2.50. The largest absolute Gasteiger partial charge is 0.295 e. The van der Waals surface area contributed by atoms with Crippen molar-refractivity contribution in [1.29, 1.82) is 0 Å². The van der Waals surface area contributed by atoms with Crippen molar-refractivity contribution in [3.05, 3.63) is 36.0 Å². The molecule has 2 rings (SSSR count). The molecule has 1 atom stereocenters. The van der Waals surface area contributed by atoms with Crippen LogP contribution in [0.25, 0.3) is 0 Å². The van der Waals surface area contributed by atoms with Gasteiger partial charge in [-0.05, 0) is 19.4 Å². The van der Waals surface area contributed by atoms with Gasteiger partial charge in [-0.25, -0.2) is 0 Å². The van der Waals surface area contributed by atoms with E-state index in [4.69, 9.17) is 0 Å². The number of likely N-dealkylation sites (tertiary alicyclic amines) is 1. The third-order valence-electron chi connectivity index (χ3n) is 3.23. The molecule has 6 nitrogen and oxygen atoms in total. The molecule has 2 fully saturated rings. The average molecular weight is 304 g/mol. The second kappa shape index (κ2) is 7.49. The zero-order chi connectivity index (χ0) is 16.9. The summed E-state index contributed by atoms with van der Waals surface area (Å²) < 4.78 is 0. The van der Waals surface area contributed by atoms with Crippen molar-refractivity contribution in [1.82, 2.24) is 10.2 Å². The van der Waals surface area contributed by atoms with Gasteiger partial charge in [-0.15, -0.1) is 0 Å². The number of allylic oxidation sites excluding steroid dienone is 3. The Kier molecular flexibility index (Phi) is 5.98. The first kappa shape index (κ1) is 17.6. The van der Waals surface area contributed by atoms with Gasteiger partial charge in [0.05, 0.1) is 5.57 Å². The van der Waals surface area contributed by atoms with Crippen molar-refractivity contribution in [2.24, 2.45) is 0 Å². The minimum atomic E-state index is -0.944. The molecule has 0 aromatic carbocycles. The first-order valence-electron chi connectivity index (χ1n) is 7.21. The van der Waals surface area contributed by atoms with Crippen molar-refractivity contribution in [3.63, 3.8) is 0 Å². The second-order valence-electron chi connectivity index (χ2n) is 4.53. The molecule has 118 valence electrons. The van der Waals surface area contributed by atoms with Crippen LogP contribution in [0.5, 0.6) is 0 Å². The highest BCUT2D eigenvalue weighted by Crippen LogP contribution is 2.28. The van der Waals surface area contributed by atoms with Crippen LogP contribution in [0.3, 0.4) is 0 Å². The fourth-order valence-electron chi connectivity index (χ4n) is 2.19. The molecule has 0 spiro atoms. The number of hydrogen-bond acceptors (Lipinski definition) is 4. The number of hydrogen-bond donors (Lipinski definition) is 1. The molecule has 6 heteroatoms. The topological polar surface area (TPSA) is 83.6 Å². The van der Waals surface area contributed by atoms with E-state index in [1.54, 1.807) is 19.1 Å². The molecule has 1 N–H and O–H groups in total. The van der Waals surface area contributed by atoms with Gasteiger partial charge >= 0.3 is 0 Å². The maximum absolute atomic E-state index is 12.2. The van der Waals surface area contributed by atoms with Gasteiger partial charge < -0.3 is 0 Å². The third kappa shape index (κ3) is 3.21. The first-order chi connectivity index (χ1) is 10.5. The first-order valence-corrected chi connectivity index (χ1v) is 7.21. The smallest absolute Gasteiger partial charge is 0.262 e. The van der Waals surface area contributed by atoms with Crippen LogP contribution >= 0.6 is 0 Å². The summed E-state index contributed by atoms with van der Waals surface area (Å²) in [5, 5.41) is 2.13. The standard InChI is InChI=1S/C14H14N2O4.C2H6/c1-3-4-5-9-8(2)13(19)16(14(9)20)10-6-7-11(17)15-12(10)18;1-2/h3-5,10H,2,6-7H2,1H3,(H,15,17,18);1-2H3/b4-3-,9-5+;/t10-;/m0./s1. The molecule has 2 saturated heterocycles. The van der Waals surface area contributed by atoms with Gasteiger partial charge in [0.15, 0.2) is 0 Å². The van der Waals surface area contributed by atoms with Crippen molar-refractivity contribution in [2.45, 2.75) is 39.7 Å². The van der Waals surface area contributed by atoms with Gasteiger partial charge in [0, 0.05) is 12.0 Å². The second-order valence-corrected chi connectivity index (χ2v) is 4.53. The quantitative estimate of drug-likeness (QED) is 0.614. The lowest BCUT2D eigenvalue weighted by molar-refractivity contribution is -0.149. The van der Waals surface area contributed by atoms with E-state index in [0.717, 1.165) is 4.90 Å². The van der Waals surface area contributed by atoms with Crippen molar-refractivity contribution < 1.29 is 19.2 Å². The molecule has 2 aliphatic heterocycles. The van der Waals surface area contributed by atoms with E-state index in [2.05, 4.69) is 11.9 Å². The fraction of sp³-hybridized carbons (Fsp3) is 0.375. The monoisotopic (exact) mass is 304 g/mol. The summed E-state index contributed by atoms with van der Waals surface area (Å²) in [7, 11) is 0. The van der Waals surface area contributed by atoms with Crippen LogP contribution in [0.2, 0.25) is 0 Å². The van der Waals surface area contributed by atoms with E-state index < -0.39 is 29.7 Å². The van der Waals surface area contributed by atoms with Crippen LogP contribution in [0.1, 0.15) is 33.6 Å². The summed E-state index contributed by atoms with van der Waals surface area (Å²) in [5.74, 6) is -2.15. The summed E-state index contributed by atoms with van der Waals surface area (Å²) in [6.07, 6.45) is 5.08. The SMILES string of the molecule is C=C1C(=O)N([C@H]2CCC(=O)NC2=O)C(=O)/C1=C/C=C\C.CC. The Morgan fingerprint density at radius 2 is 1.82 bits per heavy atom. The van der Waals surface area contributed by atoms with Crippen LogP contribution in [0.4, 0.5) is 0 Å². The number of nitrogens with one attached hydrogen (secondary N) is 1. The Labute approximate surface area is 129 Å². The molecule has 0 unspecified atom stereocenters. The highest BCUT2D eigenvalue weighted by atomic mass is 16.2. The number of rotatable bonds is 2. The lowest BCUT2D eigenvalue weighted by atomic mass is 10.0. The van der Waals surface area contributed by atoms with E-state index in [-0.39, 0.29) is 24.0 Å². The zero-order valence-corrected chi connectivity index (χ0v) is 13.0. The third-order valence-corrected chi connectivity index (χ3v) is 3.23. The Bertz CT molecular complexity index is 587. The lowest BCUT2D eigenvalue weighted by Crippen LogP contribution is -2.54. The van der Waals surface area contributed by atoms with Gasteiger partial charge in [-0.3, -0.25) is 29.4 Å². The predicted molar refractivity (Wildman–Crippen MR) is 81.4 cm³/mol. The Morgan fingerprint density at radius 1 is 1.18 bits per heavy atom. The number of piperidine rings is 1. The number of carbonyl (C=O) groups excluding carboxylic acids is 4. The van der Waals surface area contributed by atoms with E-state index in [9.17, 15) is 19.2 Å². The highest BCUT2D eigenvalue weighted by molar-refractivity contribution is 6.26. The normalized spacial score (nSPS) is 24.0. The van der Waals surface area contributed by atoms with Crippen molar-refractivity contribution >= 4 is 23.6 Å². The minimum absolute atomic E-state index is 0.0674. The van der Waals surface area contributed by atoms with Crippen LogP contribution in [-0.2, 0) is 19.2 Å². The molecule has 0 saturated carbocycles. The predicted octanol–water partition coefficient (Wildman–Crippen LogP) is 1.25. The molecular formula is C16H20N2O4. The van der Waals surface area contributed by atoms with Crippen molar-refractivity contribution in [2.75, 3.05) is 0 Å². The summed E-state index contributed by atoms with van der Waals surface area (Å²) in [6.45, 7) is 9.37. The van der Waals surface area contributed by atoms with Crippen LogP contribution in [0.15, 0.2) is 36.0 Å². The molecule has 0 aromatic heterocycles. The number of nitrogens with zero attached hydrogens (tertiary/aromatic N) is 1. The molecule has 2 heterocycles. The van der Waals surface area contributed by atoms with E-state index in [0.29, 0.717) is 0 Å². The summed E-state index contributed by atoms with van der Waals surface area (Å²) in [5.41, 5.74) is 0.246. The highest BCUT2D eigenvalue weighted by Gasteiger charge is 2.45. The molecule has 0 aliphatic carbocycles. The van der Waals surface area contributed by atoms with E-state index in [1.807, 2.05) is 13.8 Å². The number of amides is 4. The van der Waals surface area contributed by atoms with Gasteiger partial charge in [0.2, 0.25) is 11.8 Å². The minimum Gasteiger partial charge on any atom is -0.295 e. The van der Waals surface area contributed by atoms with Crippen LogP contribution in [0, 0.1) is 0 Å². The van der Waals surface area contributed by atoms with Gasteiger partial charge in [0.25, 0.3) is 11.8 Å². The number of imide groups is 2. The molecule has 2 aliphatic rings. The molecule has 0 bridgehead atoms. The Morgan fingerprint density at radius 3 is 2.36 bits per heavy atom. The fourth-order valence-corrected chi connectivity index (χ4v) is 2.19. The molecule has 22 heavy (non-hydrogen) atoms. The van der Waals surface area contributed by atoms with E-state index in [1.165, 1.54) is 6.08 Å². The summed E-state index contributed by atoms with van der Waals surface area (Å²) in [6, 6.07) is -0.944. The lowest BCUT2D eigenvalue weighted by Gasteiger charge is -2.27. The Balaban J connectivity index is 0.00000116. The summed E-state index contributed by atoms with van der Waals surface area (Å²) in [4.78, 5) is 48.1. The molecular weight excluding hydrogens is 284 g/mol. The van der Waals surface area contributed by atoms with Gasteiger partial charge in [0.1, 0.15) is 6.04 Å². The number of carbonyl (C=O) groups is 4. The van der Waals surface area contributed by atoms with Crippen LogP contribution in [-0.4, -0.2) is 34.6 Å². The summed E-state index contributed by atoms with van der Waals surface area (Å²) >= 11 is 0. The van der Waals surface area contributed by atoms with Gasteiger partial charge in [-0.1, -0.05) is 32.6 Å². The molecule has 0 aromatic rings. The van der Waals surface area contributed by atoms with Gasteiger partial charge in [-0.2, -0.15) is 0 Å². The molecule has 0 radical (unpaired) electrons. The zero-order valence-electron chi connectivity index (χ0n) is 13.0. The average Bonchev–Trinajstić information content (AvgIpc) is 2.71. The van der Waals surface area contributed by atoms with Crippen molar-refractivity contribution in [3.8, 4) is 0 Å². The molecule has 4 amide bonds.